The summed E-state index contributed by atoms with van der Waals surface area (Å²) in [5, 5.41) is 10.5. The fourth-order valence-electron chi connectivity index (χ4n) is 1.55. The largest absolute Gasteiger partial charge is 0.346 e. The van der Waals surface area contributed by atoms with Crippen LogP contribution in [0.25, 0.3) is 0 Å². The summed E-state index contributed by atoms with van der Waals surface area (Å²) >= 11 is 1.51. The standard InChI is InChI=1S/C12H13N3OS/c1-8-6-9(2)17-11(8)12(16)13-7-10-4-3-5-14-15-10/h3-6H,7H2,1-2H3,(H,13,16). The number of carbonyl (C=O) groups excluding carboxylic acids is 1. The number of nitrogens with one attached hydrogen (secondary N) is 1. The quantitative estimate of drug-likeness (QED) is 0.903. The summed E-state index contributed by atoms with van der Waals surface area (Å²) in [7, 11) is 0. The molecule has 0 aliphatic rings. The first kappa shape index (κ1) is 11.7. The topological polar surface area (TPSA) is 54.9 Å². The summed E-state index contributed by atoms with van der Waals surface area (Å²) in [5.74, 6) is -0.0498. The lowest BCUT2D eigenvalue weighted by atomic mass is 10.2. The predicted molar refractivity (Wildman–Crippen MR) is 67.0 cm³/mol. The number of carbonyl (C=O) groups is 1. The van der Waals surface area contributed by atoms with Crippen LogP contribution in [0.15, 0.2) is 24.4 Å². The Hall–Kier alpha value is -1.75. The smallest absolute Gasteiger partial charge is 0.261 e. The minimum Gasteiger partial charge on any atom is -0.346 e. The van der Waals surface area contributed by atoms with Gasteiger partial charge in [0.05, 0.1) is 17.1 Å². The SMILES string of the molecule is Cc1cc(C)c(C(=O)NCc2cccnn2)s1. The van der Waals surface area contributed by atoms with Crippen LogP contribution in [0.2, 0.25) is 0 Å². The van der Waals surface area contributed by atoms with E-state index in [1.54, 1.807) is 12.3 Å². The van der Waals surface area contributed by atoms with Crippen LogP contribution in [0, 0.1) is 13.8 Å². The molecule has 0 aromatic carbocycles. The van der Waals surface area contributed by atoms with Gasteiger partial charge in [-0.05, 0) is 37.6 Å². The van der Waals surface area contributed by atoms with Gasteiger partial charge in [0.2, 0.25) is 0 Å². The van der Waals surface area contributed by atoms with E-state index in [-0.39, 0.29) is 5.91 Å². The van der Waals surface area contributed by atoms with E-state index in [4.69, 9.17) is 0 Å². The summed E-state index contributed by atoms with van der Waals surface area (Å²) in [4.78, 5) is 13.8. The van der Waals surface area contributed by atoms with Gasteiger partial charge in [0.25, 0.3) is 5.91 Å². The summed E-state index contributed by atoms with van der Waals surface area (Å²) < 4.78 is 0. The molecule has 2 aromatic heterocycles. The lowest BCUT2D eigenvalue weighted by Gasteiger charge is -2.03. The van der Waals surface area contributed by atoms with E-state index < -0.39 is 0 Å². The maximum Gasteiger partial charge on any atom is 0.261 e. The molecule has 0 radical (unpaired) electrons. The van der Waals surface area contributed by atoms with Crippen molar-refractivity contribution in [3.8, 4) is 0 Å². The lowest BCUT2D eigenvalue weighted by Crippen LogP contribution is -2.23. The Morgan fingerprint density at radius 2 is 2.29 bits per heavy atom. The van der Waals surface area contributed by atoms with Gasteiger partial charge < -0.3 is 5.32 Å². The Bertz CT molecular complexity index is 522. The molecule has 0 aliphatic carbocycles. The van der Waals surface area contributed by atoms with Crippen molar-refractivity contribution in [3.63, 3.8) is 0 Å². The second kappa shape index (κ2) is 5.05. The fourth-order valence-corrected chi connectivity index (χ4v) is 2.49. The van der Waals surface area contributed by atoms with Gasteiger partial charge in [-0.15, -0.1) is 11.3 Å². The highest BCUT2D eigenvalue weighted by Gasteiger charge is 2.11. The summed E-state index contributed by atoms with van der Waals surface area (Å²) in [6.07, 6.45) is 1.61. The molecule has 2 aromatic rings. The van der Waals surface area contributed by atoms with Gasteiger partial charge >= 0.3 is 0 Å². The third kappa shape index (κ3) is 2.88. The highest BCUT2D eigenvalue weighted by Crippen LogP contribution is 2.20. The molecule has 0 saturated carbocycles. The second-order valence-electron chi connectivity index (χ2n) is 3.77. The number of hydrogen-bond donors (Lipinski definition) is 1. The van der Waals surface area contributed by atoms with Crippen molar-refractivity contribution in [2.45, 2.75) is 20.4 Å². The molecule has 2 heterocycles. The monoisotopic (exact) mass is 247 g/mol. The highest BCUT2D eigenvalue weighted by molar-refractivity contribution is 7.14. The highest BCUT2D eigenvalue weighted by atomic mass is 32.1. The van der Waals surface area contributed by atoms with E-state index in [1.165, 1.54) is 11.3 Å². The molecule has 0 fully saturated rings. The Balaban J connectivity index is 2.01. The molecule has 0 spiro atoms. The van der Waals surface area contributed by atoms with E-state index in [1.807, 2.05) is 26.0 Å². The molecule has 0 aliphatic heterocycles. The summed E-state index contributed by atoms with van der Waals surface area (Å²) in [6.45, 7) is 4.35. The number of thiophene rings is 1. The minimum atomic E-state index is -0.0498. The first-order chi connectivity index (χ1) is 8.16. The van der Waals surface area contributed by atoms with Crippen LogP contribution in [0.4, 0.5) is 0 Å². The van der Waals surface area contributed by atoms with Gasteiger partial charge in [-0.25, -0.2) is 0 Å². The third-order valence-electron chi connectivity index (χ3n) is 2.30. The zero-order valence-corrected chi connectivity index (χ0v) is 10.5. The van der Waals surface area contributed by atoms with Crippen LogP contribution >= 0.6 is 11.3 Å². The molecule has 4 nitrogen and oxygen atoms in total. The van der Waals surface area contributed by atoms with Crippen molar-refractivity contribution in [2.24, 2.45) is 0 Å². The third-order valence-corrected chi connectivity index (χ3v) is 3.46. The molecule has 0 bridgehead atoms. The van der Waals surface area contributed by atoms with Crippen LogP contribution in [0.3, 0.4) is 0 Å². The van der Waals surface area contributed by atoms with Crippen LogP contribution < -0.4 is 5.32 Å². The Labute approximate surface area is 104 Å². The van der Waals surface area contributed by atoms with Crippen LogP contribution in [-0.2, 0) is 6.54 Å². The van der Waals surface area contributed by atoms with Gasteiger partial charge in [0, 0.05) is 11.1 Å². The molecule has 1 amide bonds. The Kier molecular flexibility index (Phi) is 3.49. The fraction of sp³-hybridized carbons (Fsp3) is 0.250. The normalized spacial score (nSPS) is 10.2. The number of aromatic nitrogens is 2. The number of rotatable bonds is 3. The van der Waals surface area contributed by atoms with Crippen molar-refractivity contribution in [1.82, 2.24) is 15.5 Å². The van der Waals surface area contributed by atoms with Gasteiger partial charge in [-0.3, -0.25) is 4.79 Å². The number of nitrogens with zero attached hydrogens (tertiary/aromatic N) is 2. The molecule has 88 valence electrons. The van der Waals surface area contributed by atoms with Crippen molar-refractivity contribution in [2.75, 3.05) is 0 Å². The average molecular weight is 247 g/mol. The van der Waals surface area contributed by atoms with Crippen molar-refractivity contribution < 1.29 is 4.79 Å². The number of hydrogen-bond acceptors (Lipinski definition) is 4. The molecule has 1 N–H and O–H groups in total. The summed E-state index contributed by atoms with van der Waals surface area (Å²) in [6, 6.07) is 5.65. The summed E-state index contributed by atoms with van der Waals surface area (Å²) in [5.41, 5.74) is 1.77. The molecule has 5 heteroatoms. The predicted octanol–water partition coefficient (Wildman–Crippen LogP) is 2.08. The Morgan fingerprint density at radius 3 is 2.88 bits per heavy atom. The minimum absolute atomic E-state index is 0.0498. The zero-order valence-electron chi connectivity index (χ0n) is 9.73. The number of aryl methyl sites for hydroxylation is 2. The molecule has 0 atom stereocenters. The average Bonchev–Trinajstić information content (AvgIpc) is 2.67. The van der Waals surface area contributed by atoms with Crippen LogP contribution in [0.1, 0.15) is 25.8 Å². The molecular weight excluding hydrogens is 234 g/mol. The lowest BCUT2D eigenvalue weighted by molar-refractivity contribution is 0.0954. The molecule has 17 heavy (non-hydrogen) atoms. The van der Waals surface area contributed by atoms with Crippen LogP contribution in [0.5, 0.6) is 0 Å². The first-order valence-electron chi connectivity index (χ1n) is 5.28. The van der Waals surface area contributed by atoms with Gasteiger partial charge in [-0.2, -0.15) is 10.2 Å². The van der Waals surface area contributed by atoms with E-state index in [2.05, 4.69) is 15.5 Å². The van der Waals surface area contributed by atoms with Crippen molar-refractivity contribution >= 4 is 17.2 Å². The molecule has 0 saturated heterocycles. The van der Waals surface area contributed by atoms with E-state index in [0.29, 0.717) is 6.54 Å². The molecule has 2 rings (SSSR count). The molecule has 0 unspecified atom stereocenters. The van der Waals surface area contributed by atoms with Gasteiger partial charge in [-0.1, -0.05) is 0 Å². The maximum atomic E-state index is 11.9. The zero-order chi connectivity index (χ0) is 12.3. The van der Waals surface area contributed by atoms with Crippen molar-refractivity contribution in [1.29, 1.82) is 0 Å². The van der Waals surface area contributed by atoms with Crippen LogP contribution in [-0.4, -0.2) is 16.1 Å². The number of amides is 1. The van der Waals surface area contributed by atoms with Gasteiger partial charge in [0.1, 0.15) is 0 Å². The van der Waals surface area contributed by atoms with E-state index in [0.717, 1.165) is 21.0 Å². The maximum absolute atomic E-state index is 11.9. The first-order valence-corrected chi connectivity index (χ1v) is 6.10. The van der Waals surface area contributed by atoms with E-state index >= 15 is 0 Å². The molecular formula is C12H13N3OS. The second-order valence-corrected chi connectivity index (χ2v) is 5.02. The van der Waals surface area contributed by atoms with E-state index in [9.17, 15) is 4.79 Å². The Morgan fingerprint density at radius 1 is 1.47 bits per heavy atom. The van der Waals surface area contributed by atoms with Gasteiger partial charge in [0.15, 0.2) is 0 Å². The van der Waals surface area contributed by atoms with Crippen molar-refractivity contribution in [3.05, 3.63) is 45.4 Å².